The van der Waals surface area contributed by atoms with Crippen molar-refractivity contribution < 1.29 is 4.42 Å². The summed E-state index contributed by atoms with van der Waals surface area (Å²) in [5, 5.41) is 12.5. The van der Waals surface area contributed by atoms with Gasteiger partial charge in [-0.3, -0.25) is 0 Å². The van der Waals surface area contributed by atoms with Crippen molar-refractivity contribution in [2.45, 2.75) is 0 Å². The van der Waals surface area contributed by atoms with Crippen LogP contribution in [-0.2, 0) is 0 Å². The number of benzene rings is 3. The van der Waals surface area contributed by atoms with Gasteiger partial charge >= 0.3 is 5.63 Å². The highest BCUT2D eigenvalue weighted by Gasteiger charge is 2.23. The Morgan fingerprint density at radius 1 is 0.812 bits per heavy atom. The van der Waals surface area contributed by atoms with Crippen LogP contribution in [0.3, 0.4) is 0 Å². The van der Waals surface area contributed by atoms with Crippen LogP contribution >= 0.6 is 11.6 Å². The summed E-state index contributed by atoms with van der Waals surface area (Å²) in [5.74, 6) is 0.461. The Hall–Kier alpha value is -3.75. The molecule has 1 saturated heterocycles. The third-order valence-electron chi connectivity index (χ3n) is 5.89. The van der Waals surface area contributed by atoms with Crippen molar-refractivity contribution in [3.8, 4) is 17.4 Å². The van der Waals surface area contributed by atoms with E-state index in [9.17, 15) is 10.1 Å². The number of piperazine rings is 1. The van der Waals surface area contributed by atoms with E-state index in [4.69, 9.17) is 16.0 Å². The first-order valence-electron chi connectivity index (χ1n) is 10.5. The van der Waals surface area contributed by atoms with Crippen LogP contribution in [0.5, 0.6) is 0 Å². The molecule has 0 radical (unpaired) electrons. The third-order valence-corrected chi connectivity index (χ3v) is 6.21. The Morgan fingerprint density at radius 3 is 2.19 bits per heavy atom. The summed E-state index contributed by atoms with van der Waals surface area (Å²) < 4.78 is 5.54. The van der Waals surface area contributed by atoms with E-state index in [1.165, 1.54) is 0 Å². The van der Waals surface area contributed by atoms with Crippen LogP contribution in [0.4, 0.5) is 11.4 Å². The number of nitriles is 1. The summed E-state index contributed by atoms with van der Waals surface area (Å²) >= 11 is 6.36. The monoisotopic (exact) mass is 441 g/mol. The molecular formula is C26H20ClN3O2. The predicted molar refractivity (Wildman–Crippen MR) is 129 cm³/mol. The molecule has 0 atom stereocenters. The molecule has 6 heteroatoms. The number of hydrogen-bond donors (Lipinski definition) is 0. The maximum absolute atomic E-state index is 12.7. The molecule has 158 valence electrons. The van der Waals surface area contributed by atoms with Gasteiger partial charge in [0.2, 0.25) is 0 Å². The van der Waals surface area contributed by atoms with Crippen molar-refractivity contribution in [1.82, 2.24) is 0 Å². The molecule has 1 aromatic heterocycles. The van der Waals surface area contributed by atoms with Crippen molar-refractivity contribution in [3.63, 3.8) is 0 Å². The molecule has 0 bridgehead atoms. The van der Waals surface area contributed by atoms with Crippen molar-refractivity contribution >= 4 is 33.7 Å². The first kappa shape index (κ1) is 20.2. The van der Waals surface area contributed by atoms with Crippen LogP contribution in [0, 0.1) is 11.3 Å². The van der Waals surface area contributed by atoms with Gasteiger partial charge in [0, 0.05) is 37.8 Å². The van der Waals surface area contributed by atoms with E-state index in [0.717, 1.165) is 40.1 Å². The smallest absolute Gasteiger partial charge is 0.356 e. The van der Waals surface area contributed by atoms with Gasteiger partial charge in [0.15, 0.2) is 5.56 Å². The second-order valence-electron chi connectivity index (χ2n) is 7.76. The van der Waals surface area contributed by atoms with Gasteiger partial charge in [-0.1, -0.05) is 60.1 Å². The number of hydrogen-bond acceptors (Lipinski definition) is 5. The van der Waals surface area contributed by atoms with Crippen LogP contribution in [-0.4, -0.2) is 26.2 Å². The van der Waals surface area contributed by atoms with Gasteiger partial charge in [-0.2, -0.15) is 5.26 Å². The van der Waals surface area contributed by atoms with Crippen LogP contribution in [0.25, 0.3) is 22.1 Å². The molecule has 0 amide bonds. The highest BCUT2D eigenvalue weighted by molar-refractivity contribution is 6.33. The molecule has 0 spiro atoms. The maximum atomic E-state index is 12.7. The number of rotatable bonds is 3. The number of nitrogens with zero attached hydrogens (tertiary/aromatic N) is 3. The van der Waals surface area contributed by atoms with Gasteiger partial charge in [-0.05, 0) is 29.0 Å². The lowest BCUT2D eigenvalue weighted by Crippen LogP contribution is -2.47. The topological polar surface area (TPSA) is 60.5 Å². The Morgan fingerprint density at radius 2 is 1.47 bits per heavy atom. The van der Waals surface area contributed by atoms with Gasteiger partial charge < -0.3 is 14.2 Å². The Bertz CT molecular complexity index is 1400. The van der Waals surface area contributed by atoms with E-state index < -0.39 is 5.63 Å². The van der Waals surface area contributed by atoms with Crippen molar-refractivity contribution in [3.05, 3.63) is 93.8 Å². The largest absolute Gasteiger partial charge is 0.422 e. The first-order valence-corrected chi connectivity index (χ1v) is 10.8. The lowest BCUT2D eigenvalue weighted by Gasteiger charge is -2.37. The van der Waals surface area contributed by atoms with Gasteiger partial charge in [0.05, 0.1) is 16.4 Å². The molecule has 0 unspecified atom stereocenters. The van der Waals surface area contributed by atoms with Gasteiger partial charge in [0.25, 0.3) is 0 Å². The van der Waals surface area contributed by atoms with Crippen LogP contribution < -0.4 is 15.4 Å². The summed E-state index contributed by atoms with van der Waals surface area (Å²) in [5.41, 5.74) is 1.85. The quantitative estimate of drug-likeness (QED) is 0.431. The molecule has 0 saturated carbocycles. The molecule has 1 aliphatic heterocycles. The molecule has 0 aliphatic carbocycles. The first-order chi connectivity index (χ1) is 15.6. The summed E-state index contributed by atoms with van der Waals surface area (Å²) in [7, 11) is 0. The molecule has 1 aliphatic rings. The lowest BCUT2D eigenvalue weighted by molar-refractivity contribution is 0.522. The molecule has 32 heavy (non-hydrogen) atoms. The number of anilines is 2. The minimum absolute atomic E-state index is 0.0423. The summed E-state index contributed by atoms with van der Waals surface area (Å²) in [6.07, 6.45) is 0. The minimum atomic E-state index is -0.610. The standard InChI is InChI=1S/C26H20ClN3O2/c27-22-7-3-4-8-23(22)29-11-13-30(14-12-29)24-16-25(32-26(31)21(24)17-28)20-10-9-18-5-1-2-6-19(18)15-20/h1-10,15-16H,11-14H2. The minimum Gasteiger partial charge on any atom is -0.422 e. The highest BCUT2D eigenvalue weighted by atomic mass is 35.5. The van der Waals surface area contributed by atoms with E-state index >= 15 is 0 Å². The molecule has 1 fully saturated rings. The average Bonchev–Trinajstić information content (AvgIpc) is 2.83. The van der Waals surface area contributed by atoms with Crippen LogP contribution in [0.2, 0.25) is 5.02 Å². The number of fused-ring (bicyclic) bond motifs is 1. The van der Waals surface area contributed by atoms with Crippen LogP contribution in [0.15, 0.2) is 82.0 Å². The number of halogens is 1. The molecular weight excluding hydrogens is 422 g/mol. The molecule has 4 aromatic rings. The predicted octanol–water partition coefficient (Wildman–Crippen LogP) is 5.31. The van der Waals surface area contributed by atoms with Gasteiger partial charge in [0.1, 0.15) is 11.8 Å². The van der Waals surface area contributed by atoms with Crippen molar-refractivity contribution in [2.75, 3.05) is 36.0 Å². The van der Waals surface area contributed by atoms with Crippen molar-refractivity contribution in [1.29, 1.82) is 5.26 Å². The van der Waals surface area contributed by atoms with Crippen molar-refractivity contribution in [2.24, 2.45) is 0 Å². The van der Waals surface area contributed by atoms with E-state index in [2.05, 4.69) is 9.80 Å². The fourth-order valence-electron chi connectivity index (χ4n) is 4.21. The lowest BCUT2D eigenvalue weighted by atomic mass is 10.0. The number of para-hydroxylation sites is 1. The fraction of sp³-hybridized carbons (Fsp3) is 0.154. The summed E-state index contributed by atoms with van der Waals surface area (Å²) in [6.45, 7) is 2.81. The molecule has 2 heterocycles. The van der Waals surface area contributed by atoms with E-state index in [1.807, 2.05) is 78.9 Å². The Labute approximate surface area is 190 Å². The SMILES string of the molecule is N#Cc1c(N2CCN(c3ccccc3Cl)CC2)cc(-c2ccc3ccccc3c2)oc1=O. The second kappa shape index (κ2) is 8.41. The zero-order valence-corrected chi connectivity index (χ0v) is 18.0. The Balaban J connectivity index is 1.47. The van der Waals surface area contributed by atoms with Crippen LogP contribution in [0.1, 0.15) is 5.56 Å². The second-order valence-corrected chi connectivity index (χ2v) is 8.16. The molecule has 3 aromatic carbocycles. The molecule has 5 rings (SSSR count). The Kier molecular flexibility index (Phi) is 5.30. The zero-order valence-electron chi connectivity index (χ0n) is 17.3. The molecule has 0 N–H and O–H groups in total. The fourth-order valence-corrected chi connectivity index (χ4v) is 4.47. The molecule has 5 nitrogen and oxygen atoms in total. The zero-order chi connectivity index (χ0) is 22.1. The summed E-state index contributed by atoms with van der Waals surface area (Å²) in [6, 6.07) is 25.6. The third kappa shape index (κ3) is 3.70. The average molecular weight is 442 g/mol. The summed E-state index contributed by atoms with van der Waals surface area (Å²) in [4.78, 5) is 17.0. The van der Waals surface area contributed by atoms with Gasteiger partial charge in [-0.25, -0.2) is 4.79 Å². The normalized spacial score (nSPS) is 13.9. The maximum Gasteiger partial charge on any atom is 0.356 e. The van der Waals surface area contributed by atoms with E-state index in [0.29, 0.717) is 24.5 Å². The van der Waals surface area contributed by atoms with E-state index in [1.54, 1.807) is 0 Å². The highest BCUT2D eigenvalue weighted by Crippen LogP contribution is 2.31. The van der Waals surface area contributed by atoms with Gasteiger partial charge in [-0.15, -0.1) is 0 Å². The van der Waals surface area contributed by atoms with E-state index in [-0.39, 0.29) is 5.56 Å².